The highest BCUT2D eigenvalue weighted by atomic mass is 16.6. The first-order chi connectivity index (χ1) is 9.95. The minimum absolute atomic E-state index is 0.308. The normalized spacial score (nSPS) is 28.0. The van der Waals surface area contributed by atoms with Crippen LogP contribution in [-0.4, -0.2) is 29.3 Å². The Kier molecular flexibility index (Phi) is 4.33. The monoisotopic (exact) mass is 287 g/mol. The Bertz CT molecular complexity index is 583. The summed E-state index contributed by atoms with van der Waals surface area (Å²) in [4.78, 5) is 34.8. The van der Waals surface area contributed by atoms with E-state index in [-0.39, 0.29) is 5.78 Å². The molecule has 0 saturated carbocycles. The van der Waals surface area contributed by atoms with Crippen molar-refractivity contribution in [2.75, 3.05) is 0 Å². The average Bonchev–Trinajstić information content (AvgIpc) is 3.15. The number of ether oxygens (including phenoxy) is 1. The lowest BCUT2D eigenvalue weighted by Crippen LogP contribution is -2.47. The van der Waals surface area contributed by atoms with Gasteiger partial charge in [-0.3, -0.25) is 14.4 Å². The van der Waals surface area contributed by atoms with Crippen LogP contribution in [0.25, 0.3) is 0 Å². The molecule has 5 nitrogen and oxygen atoms in total. The van der Waals surface area contributed by atoms with Gasteiger partial charge in [0.1, 0.15) is 0 Å². The maximum Gasteiger partial charge on any atom is 0.246 e. The lowest BCUT2D eigenvalue weighted by Gasteiger charge is -2.11. The van der Waals surface area contributed by atoms with Gasteiger partial charge >= 0.3 is 0 Å². The van der Waals surface area contributed by atoms with Gasteiger partial charge in [-0.1, -0.05) is 44.2 Å². The van der Waals surface area contributed by atoms with Gasteiger partial charge in [0.25, 0.3) is 0 Å². The highest BCUT2D eigenvalue weighted by Crippen LogP contribution is 2.38. The summed E-state index contributed by atoms with van der Waals surface area (Å²) in [6.45, 7) is 4.13. The Morgan fingerprint density at radius 1 is 1.24 bits per heavy atom. The largest absolute Gasteiger partial charge is 0.329 e. The van der Waals surface area contributed by atoms with Gasteiger partial charge in [0.15, 0.2) is 11.9 Å². The van der Waals surface area contributed by atoms with Crippen LogP contribution in [-0.2, 0) is 19.1 Å². The molecular weight excluding hydrogens is 270 g/mol. The lowest BCUT2D eigenvalue weighted by molar-refractivity contribution is -0.127. The number of hydrogen-bond donors (Lipinski definition) is 1. The summed E-state index contributed by atoms with van der Waals surface area (Å²) in [5, 5.41) is 2.44. The minimum atomic E-state index is -1.48. The number of hydrogen-bond acceptors (Lipinski definition) is 4. The van der Waals surface area contributed by atoms with Crippen LogP contribution in [0.5, 0.6) is 0 Å². The number of rotatable bonds is 5. The Balaban J connectivity index is 1.87. The fourth-order valence-electron chi connectivity index (χ4n) is 1.91. The molecule has 110 valence electrons. The molecule has 0 unspecified atom stereocenters. The number of allylic oxidation sites excluding steroid dienone is 5. The quantitative estimate of drug-likeness (QED) is 0.469. The Labute approximate surface area is 123 Å². The third-order valence-corrected chi connectivity index (χ3v) is 3.03. The zero-order valence-corrected chi connectivity index (χ0v) is 11.9. The first-order valence-corrected chi connectivity index (χ1v) is 6.73. The molecule has 0 aromatic carbocycles. The molecule has 1 fully saturated rings. The predicted octanol–water partition coefficient (Wildman–Crippen LogP) is 1.23. The maximum absolute atomic E-state index is 11.7. The molecule has 2 rings (SSSR count). The molecule has 1 N–H and O–H groups in total. The van der Waals surface area contributed by atoms with Crippen molar-refractivity contribution in [3.05, 3.63) is 48.6 Å². The van der Waals surface area contributed by atoms with Gasteiger partial charge in [-0.25, -0.2) is 0 Å². The van der Waals surface area contributed by atoms with Gasteiger partial charge in [-0.15, -0.1) is 0 Å². The molecule has 0 radical (unpaired) electrons. The Morgan fingerprint density at radius 3 is 2.67 bits per heavy atom. The highest BCUT2D eigenvalue weighted by Gasteiger charge is 2.67. The van der Waals surface area contributed by atoms with Gasteiger partial charge in [0.2, 0.25) is 17.4 Å². The van der Waals surface area contributed by atoms with Gasteiger partial charge in [0, 0.05) is 6.08 Å². The molecular formula is C16H17NO4. The van der Waals surface area contributed by atoms with E-state index in [2.05, 4.69) is 19.2 Å². The van der Waals surface area contributed by atoms with Crippen molar-refractivity contribution >= 4 is 17.5 Å². The summed E-state index contributed by atoms with van der Waals surface area (Å²) in [6.07, 6.45) is 11.7. The van der Waals surface area contributed by atoms with Crippen LogP contribution < -0.4 is 5.32 Å². The standard InChI is InChI=1S/C16H17NO4/c1-11(2)7-5-3-4-6-8-14(20)17-16-13(19)10-9-12(18)15(16)21-16/h3-11,15H,1-2H3,(H,17,20)/t15-,16-/m1/s1. The summed E-state index contributed by atoms with van der Waals surface area (Å²) in [5.41, 5.74) is -1.48. The first kappa shape index (κ1) is 15.1. The van der Waals surface area contributed by atoms with Crippen LogP contribution >= 0.6 is 0 Å². The summed E-state index contributed by atoms with van der Waals surface area (Å²) in [7, 11) is 0. The van der Waals surface area contributed by atoms with Gasteiger partial charge < -0.3 is 10.1 Å². The fraction of sp³-hybridized carbons (Fsp3) is 0.312. The molecule has 1 aliphatic heterocycles. The van der Waals surface area contributed by atoms with Crippen molar-refractivity contribution in [2.45, 2.75) is 25.7 Å². The van der Waals surface area contributed by atoms with Crippen LogP contribution in [0.15, 0.2) is 48.6 Å². The molecule has 1 saturated heterocycles. The van der Waals surface area contributed by atoms with Crippen molar-refractivity contribution in [2.24, 2.45) is 5.92 Å². The van der Waals surface area contributed by atoms with E-state index in [0.29, 0.717) is 5.92 Å². The zero-order chi connectivity index (χ0) is 15.5. The molecule has 0 aromatic rings. The zero-order valence-electron chi connectivity index (χ0n) is 11.9. The molecule has 0 bridgehead atoms. The van der Waals surface area contributed by atoms with E-state index in [1.54, 1.807) is 18.2 Å². The number of epoxide rings is 1. The van der Waals surface area contributed by atoms with E-state index < -0.39 is 23.5 Å². The van der Waals surface area contributed by atoms with E-state index in [1.807, 2.05) is 12.2 Å². The topological polar surface area (TPSA) is 75.8 Å². The van der Waals surface area contributed by atoms with Crippen LogP contribution in [0.4, 0.5) is 0 Å². The van der Waals surface area contributed by atoms with Crippen LogP contribution in [0.1, 0.15) is 13.8 Å². The fourth-order valence-corrected chi connectivity index (χ4v) is 1.91. The van der Waals surface area contributed by atoms with E-state index in [4.69, 9.17) is 4.74 Å². The molecule has 1 amide bonds. The molecule has 21 heavy (non-hydrogen) atoms. The number of carbonyl (C=O) groups excluding carboxylic acids is 3. The summed E-state index contributed by atoms with van der Waals surface area (Å²) >= 11 is 0. The third kappa shape index (κ3) is 3.44. The second-order valence-corrected chi connectivity index (χ2v) is 5.20. The highest BCUT2D eigenvalue weighted by molar-refractivity contribution is 6.16. The summed E-state index contributed by atoms with van der Waals surface area (Å²) < 4.78 is 5.08. The second kappa shape index (κ2) is 6.01. The van der Waals surface area contributed by atoms with Crippen molar-refractivity contribution in [1.82, 2.24) is 5.32 Å². The van der Waals surface area contributed by atoms with E-state index >= 15 is 0 Å². The Morgan fingerprint density at radius 2 is 1.95 bits per heavy atom. The van der Waals surface area contributed by atoms with Crippen molar-refractivity contribution in [3.63, 3.8) is 0 Å². The molecule has 2 atom stereocenters. The molecule has 2 aliphatic rings. The lowest BCUT2D eigenvalue weighted by atomic mass is 9.99. The maximum atomic E-state index is 11.7. The first-order valence-electron chi connectivity index (χ1n) is 6.73. The average molecular weight is 287 g/mol. The van der Waals surface area contributed by atoms with E-state index in [1.165, 1.54) is 12.2 Å². The second-order valence-electron chi connectivity index (χ2n) is 5.20. The molecule has 1 aliphatic carbocycles. The predicted molar refractivity (Wildman–Crippen MR) is 77.2 cm³/mol. The van der Waals surface area contributed by atoms with Crippen molar-refractivity contribution in [3.8, 4) is 0 Å². The van der Waals surface area contributed by atoms with E-state index in [9.17, 15) is 14.4 Å². The molecule has 0 aromatic heterocycles. The van der Waals surface area contributed by atoms with Crippen molar-refractivity contribution in [1.29, 1.82) is 0 Å². The summed E-state index contributed by atoms with van der Waals surface area (Å²) in [6, 6.07) is 0. The van der Waals surface area contributed by atoms with Crippen LogP contribution in [0, 0.1) is 5.92 Å². The number of ketones is 2. The smallest absolute Gasteiger partial charge is 0.246 e. The Hall–Kier alpha value is -2.27. The molecule has 1 heterocycles. The van der Waals surface area contributed by atoms with Crippen LogP contribution in [0.3, 0.4) is 0 Å². The summed E-state index contributed by atoms with van der Waals surface area (Å²) in [5.74, 6) is -0.735. The minimum Gasteiger partial charge on any atom is -0.329 e. The van der Waals surface area contributed by atoms with Gasteiger partial charge in [-0.2, -0.15) is 0 Å². The number of amides is 1. The molecule has 0 spiro atoms. The van der Waals surface area contributed by atoms with Gasteiger partial charge in [-0.05, 0) is 18.1 Å². The van der Waals surface area contributed by atoms with Gasteiger partial charge in [0.05, 0.1) is 0 Å². The number of carbonyl (C=O) groups is 3. The van der Waals surface area contributed by atoms with Crippen molar-refractivity contribution < 1.29 is 19.1 Å². The number of nitrogens with one attached hydrogen (secondary N) is 1. The third-order valence-electron chi connectivity index (χ3n) is 3.03. The van der Waals surface area contributed by atoms with Crippen LogP contribution in [0.2, 0.25) is 0 Å². The van der Waals surface area contributed by atoms with E-state index in [0.717, 1.165) is 6.08 Å². The molecule has 5 heteroatoms. The number of fused-ring (bicyclic) bond motifs is 1. The SMILES string of the molecule is CC(C)C=CC=CC=CC(=O)N[C@]12O[C@@H]1C(=O)C=CC2=O.